The van der Waals surface area contributed by atoms with Crippen LogP contribution in [-0.2, 0) is 0 Å². The highest BCUT2D eigenvalue weighted by Gasteiger charge is 2.10. The van der Waals surface area contributed by atoms with Crippen LogP contribution in [0.5, 0.6) is 0 Å². The summed E-state index contributed by atoms with van der Waals surface area (Å²) in [5.41, 5.74) is 6.00. The third-order valence-electron chi connectivity index (χ3n) is 2.29. The van der Waals surface area contributed by atoms with Gasteiger partial charge in [-0.1, -0.05) is 35.5 Å². The lowest BCUT2D eigenvalue weighted by Gasteiger charge is -2.08. The lowest BCUT2D eigenvalue weighted by atomic mass is 10.2. The number of halogens is 2. The van der Waals surface area contributed by atoms with Crippen molar-refractivity contribution in [3.63, 3.8) is 0 Å². The Labute approximate surface area is 113 Å². The van der Waals surface area contributed by atoms with Gasteiger partial charge in [0.05, 0.1) is 0 Å². The fourth-order valence-electron chi connectivity index (χ4n) is 1.45. The average Bonchev–Trinajstić information content (AvgIpc) is 2.34. The van der Waals surface area contributed by atoms with Crippen LogP contribution < -0.4 is 5.73 Å². The molecule has 2 aromatic rings. The Morgan fingerprint density at radius 2 is 1.89 bits per heavy atom. The van der Waals surface area contributed by atoms with E-state index in [4.69, 9.17) is 22.7 Å². The van der Waals surface area contributed by atoms with Gasteiger partial charge < -0.3 is 5.73 Å². The second kappa shape index (κ2) is 5.42. The molecule has 0 aliphatic heterocycles. The standard InChI is InChI=1S/C13H10ClFN2S/c14-8-5-6-11(9(7-8)13(16)17)18-12-4-2-1-3-10(12)15/h1-7H,(H3,16,17). The van der Waals surface area contributed by atoms with Gasteiger partial charge in [-0.2, -0.15) is 0 Å². The molecule has 0 aromatic heterocycles. The van der Waals surface area contributed by atoms with E-state index >= 15 is 0 Å². The second-order valence-electron chi connectivity index (χ2n) is 3.59. The molecular weight excluding hydrogens is 271 g/mol. The van der Waals surface area contributed by atoms with Gasteiger partial charge in [0.25, 0.3) is 0 Å². The molecule has 0 amide bonds. The zero-order valence-corrected chi connectivity index (χ0v) is 10.9. The van der Waals surface area contributed by atoms with Gasteiger partial charge >= 0.3 is 0 Å². The van der Waals surface area contributed by atoms with Crippen LogP contribution in [0.15, 0.2) is 52.3 Å². The van der Waals surface area contributed by atoms with Crippen LogP contribution >= 0.6 is 23.4 Å². The fourth-order valence-corrected chi connectivity index (χ4v) is 2.58. The van der Waals surface area contributed by atoms with Gasteiger partial charge in [0.1, 0.15) is 11.7 Å². The van der Waals surface area contributed by atoms with E-state index < -0.39 is 0 Å². The Morgan fingerprint density at radius 3 is 2.56 bits per heavy atom. The molecule has 18 heavy (non-hydrogen) atoms. The molecule has 0 aliphatic carbocycles. The summed E-state index contributed by atoms with van der Waals surface area (Å²) in [6.07, 6.45) is 0. The van der Waals surface area contributed by atoms with Crippen molar-refractivity contribution in [2.24, 2.45) is 5.73 Å². The first-order valence-electron chi connectivity index (χ1n) is 5.14. The molecule has 0 spiro atoms. The summed E-state index contributed by atoms with van der Waals surface area (Å²) in [6, 6.07) is 11.5. The lowest BCUT2D eigenvalue weighted by molar-refractivity contribution is 0.602. The summed E-state index contributed by atoms with van der Waals surface area (Å²) >= 11 is 7.08. The Hall–Kier alpha value is -1.52. The Kier molecular flexibility index (Phi) is 3.89. The summed E-state index contributed by atoms with van der Waals surface area (Å²) < 4.78 is 13.6. The highest BCUT2D eigenvalue weighted by atomic mass is 35.5. The Balaban J connectivity index is 2.41. The third kappa shape index (κ3) is 2.83. The minimum absolute atomic E-state index is 0.0867. The molecule has 0 unspecified atom stereocenters. The number of nitrogens with two attached hydrogens (primary N) is 1. The van der Waals surface area contributed by atoms with Crippen LogP contribution in [0.25, 0.3) is 0 Å². The van der Waals surface area contributed by atoms with E-state index in [2.05, 4.69) is 0 Å². The number of nitrogens with one attached hydrogen (secondary N) is 1. The predicted molar refractivity (Wildman–Crippen MR) is 73.0 cm³/mol. The minimum atomic E-state index is -0.299. The Morgan fingerprint density at radius 1 is 1.17 bits per heavy atom. The van der Waals surface area contributed by atoms with E-state index in [1.807, 2.05) is 0 Å². The molecule has 92 valence electrons. The maximum absolute atomic E-state index is 13.6. The second-order valence-corrected chi connectivity index (χ2v) is 5.11. The first kappa shape index (κ1) is 12.9. The third-order valence-corrected chi connectivity index (χ3v) is 3.65. The average molecular weight is 281 g/mol. The van der Waals surface area contributed by atoms with Crippen molar-refractivity contribution in [2.45, 2.75) is 9.79 Å². The SMILES string of the molecule is N=C(N)c1cc(Cl)ccc1Sc1ccccc1F. The predicted octanol–water partition coefficient (Wildman–Crippen LogP) is 3.91. The first-order valence-corrected chi connectivity index (χ1v) is 6.33. The van der Waals surface area contributed by atoms with E-state index in [1.165, 1.54) is 17.8 Å². The molecule has 0 atom stereocenters. The topological polar surface area (TPSA) is 49.9 Å². The molecule has 0 heterocycles. The number of rotatable bonds is 3. The summed E-state index contributed by atoms with van der Waals surface area (Å²) in [7, 11) is 0. The number of hydrogen-bond donors (Lipinski definition) is 2. The summed E-state index contributed by atoms with van der Waals surface area (Å²) in [6.45, 7) is 0. The van der Waals surface area contributed by atoms with E-state index in [1.54, 1.807) is 36.4 Å². The maximum atomic E-state index is 13.6. The highest BCUT2D eigenvalue weighted by Crippen LogP contribution is 2.33. The zero-order valence-electron chi connectivity index (χ0n) is 9.28. The van der Waals surface area contributed by atoms with Crippen LogP contribution in [-0.4, -0.2) is 5.84 Å². The smallest absolute Gasteiger partial charge is 0.137 e. The molecule has 3 N–H and O–H groups in total. The molecule has 0 aliphatic rings. The molecule has 0 radical (unpaired) electrons. The lowest BCUT2D eigenvalue weighted by Crippen LogP contribution is -2.12. The molecule has 0 fully saturated rings. The van der Waals surface area contributed by atoms with E-state index in [0.29, 0.717) is 20.4 Å². The summed E-state index contributed by atoms with van der Waals surface area (Å²) in [5.74, 6) is -0.386. The van der Waals surface area contributed by atoms with Gasteiger partial charge in [0.15, 0.2) is 0 Å². The van der Waals surface area contributed by atoms with Crippen molar-refractivity contribution in [3.05, 3.63) is 58.9 Å². The first-order chi connectivity index (χ1) is 8.58. The summed E-state index contributed by atoms with van der Waals surface area (Å²) in [5, 5.41) is 8.00. The number of amidine groups is 1. The molecule has 0 saturated carbocycles. The van der Waals surface area contributed by atoms with Crippen LogP contribution in [0, 0.1) is 11.2 Å². The van der Waals surface area contributed by atoms with Crippen molar-refractivity contribution < 1.29 is 4.39 Å². The molecule has 2 nitrogen and oxygen atoms in total. The van der Waals surface area contributed by atoms with Crippen molar-refractivity contribution in [3.8, 4) is 0 Å². The minimum Gasteiger partial charge on any atom is -0.384 e. The van der Waals surface area contributed by atoms with Crippen LogP contribution in [0.2, 0.25) is 5.02 Å². The van der Waals surface area contributed by atoms with E-state index in [0.717, 1.165) is 0 Å². The molecule has 2 aromatic carbocycles. The van der Waals surface area contributed by atoms with Crippen LogP contribution in [0.3, 0.4) is 0 Å². The molecular formula is C13H10ClFN2S. The number of nitrogen functional groups attached to an aromatic ring is 1. The monoisotopic (exact) mass is 280 g/mol. The van der Waals surface area contributed by atoms with Crippen molar-refractivity contribution in [2.75, 3.05) is 0 Å². The van der Waals surface area contributed by atoms with Crippen LogP contribution in [0.4, 0.5) is 4.39 Å². The van der Waals surface area contributed by atoms with Crippen LogP contribution in [0.1, 0.15) is 5.56 Å². The summed E-state index contributed by atoms with van der Waals surface area (Å²) in [4.78, 5) is 1.19. The number of benzene rings is 2. The molecule has 5 heteroatoms. The van der Waals surface area contributed by atoms with E-state index in [9.17, 15) is 4.39 Å². The van der Waals surface area contributed by atoms with Gasteiger partial charge in [-0.25, -0.2) is 4.39 Å². The largest absolute Gasteiger partial charge is 0.384 e. The highest BCUT2D eigenvalue weighted by molar-refractivity contribution is 7.99. The normalized spacial score (nSPS) is 10.3. The van der Waals surface area contributed by atoms with Gasteiger partial charge in [-0.15, -0.1) is 0 Å². The van der Waals surface area contributed by atoms with E-state index in [-0.39, 0.29) is 11.7 Å². The van der Waals surface area contributed by atoms with Crippen molar-refractivity contribution >= 4 is 29.2 Å². The van der Waals surface area contributed by atoms with Gasteiger partial charge in [-0.05, 0) is 30.3 Å². The fraction of sp³-hybridized carbons (Fsp3) is 0. The molecule has 2 rings (SSSR count). The maximum Gasteiger partial charge on any atom is 0.137 e. The molecule has 0 saturated heterocycles. The number of hydrogen-bond acceptors (Lipinski definition) is 2. The van der Waals surface area contributed by atoms with Gasteiger partial charge in [-0.3, -0.25) is 5.41 Å². The Bertz CT molecular complexity index is 601. The van der Waals surface area contributed by atoms with Crippen molar-refractivity contribution in [1.29, 1.82) is 5.41 Å². The quantitative estimate of drug-likeness (QED) is 0.661. The van der Waals surface area contributed by atoms with Crippen molar-refractivity contribution in [1.82, 2.24) is 0 Å². The zero-order chi connectivity index (χ0) is 13.1. The molecule has 0 bridgehead atoms. The van der Waals surface area contributed by atoms with Gasteiger partial charge in [0, 0.05) is 20.4 Å². The van der Waals surface area contributed by atoms with Gasteiger partial charge in [0.2, 0.25) is 0 Å².